The minimum absolute atomic E-state index is 0.00940. The number of benzene rings is 1. The average molecular weight is 609 g/mol. The maximum absolute atomic E-state index is 14.8. The van der Waals surface area contributed by atoms with Crippen LogP contribution >= 0.6 is 11.8 Å². The van der Waals surface area contributed by atoms with E-state index in [9.17, 15) is 26.7 Å². The van der Waals surface area contributed by atoms with Gasteiger partial charge in [0.15, 0.2) is 0 Å². The van der Waals surface area contributed by atoms with Gasteiger partial charge in [-0.1, -0.05) is 6.08 Å². The number of anilines is 1. The Balaban J connectivity index is 1.60. The molecule has 3 aliphatic rings. The normalized spacial score (nSPS) is 24.3. The van der Waals surface area contributed by atoms with Crippen LogP contribution in [0, 0.1) is 0 Å². The lowest BCUT2D eigenvalue weighted by Gasteiger charge is -2.37. The molecule has 224 valence electrons. The molecule has 1 aromatic carbocycles. The molecule has 0 spiro atoms. The van der Waals surface area contributed by atoms with E-state index in [0.29, 0.717) is 18.6 Å². The third-order valence-electron chi connectivity index (χ3n) is 7.72. The Morgan fingerprint density at radius 3 is 2.55 bits per heavy atom. The molecular weight excluding hydrogens is 579 g/mol. The number of nitrogens with zero attached hydrogens (tertiary/aromatic N) is 5. The van der Waals surface area contributed by atoms with Crippen molar-refractivity contribution in [2.45, 2.75) is 74.8 Å². The lowest BCUT2D eigenvalue weighted by atomic mass is 9.87. The second-order valence-electron chi connectivity index (χ2n) is 11.1. The van der Waals surface area contributed by atoms with Crippen molar-refractivity contribution in [3.05, 3.63) is 52.3 Å². The van der Waals surface area contributed by atoms with Crippen molar-refractivity contribution in [1.82, 2.24) is 24.8 Å². The summed E-state index contributed by atoms with van der Waals surface area (Å²) in [5.41, 5.74) is -1.19. The van der Waals surface area contributed by atoms with E-state index in [1.54, 1.807) is 0 Å². The smallest absolute Gasteiger partial charge is 0.417 e. The lowest BCUT2D eigenvalue weighted by molar-refractivity contribution is -0.137. The molecule has 0 unspecified atom stereocenters. The van der Waals surface area contributed by atoms with Crippen LogP contribution in [0.25, 0.3) is 16.5 Å². The van der Waals surface area contributed by atoms with Crippen molar-refractivity contribution in [2.75, 3.05) is 23.7 Å². The second-order valence-corrected chi connectivity index (χ2v) is 12.1. The highest BCUT2D eigenvalue weighted by Gasteiger charge is 2.41. The van der Waals surface area contributed by atoms with Crippen LogP contribution < -0.4 is 20.6 Å². The number of halogens is 5. The van der Waals surface area contributed by atoms with Gasteiger partial charge in [0.25, 0.3) is 5.92 Å². The molecule has 1 N–H and O–H groups in total. The molecule has 2 aliphatic heterocycles. The molecule has 0 radical (unpaired) electrons. The summed E-state index contributed by atoms with van der Waals surface area (Å²) in [5.74, 6) is -2.41. The molecule has 8 nitrogen and oxygen atoms in total. The number of thioether (sulfide) groups is 1. The predicted octanol–water partition coefficient (Wildman–Crippen LogP) is 5.15. The van der Waals surface area contributed by atoms with Crippen LogP contribution in [0.2, 0.25) is 0 Å². The first-order valence-electron chi connectivity index (χ1n) is 13.7. The van der Waals surface area contributed by atoms with Crippen LogP contribution in [0.1, 0.15) is 44.2 Å². The van der Waals surface area contributed by atoms with Crippen molar-refractivity contribution in [3.8, 4) is 5.88 Å². The van der Waals surface area contributed by atoms with E-state index in [1.807, 2.05) is 18.7 Å². The van der Waals surface area contributed by atoms with Crippen LogP contribution in [0.5, 0.6) is 5.88 Å². The Morgan fingerprint density at radius 2 is 1.90 bits per heavy atom. The number of ether oxygens (including phenoxy) is 1. The zero-order valence-electron chi connectivity index (χ0n) is 22.9. The molecule has 1 saturated heterocycles. The first-order valence-corrected chi connectivity index (χ1v) is 14.7. The zero-order valence-corrected chi connectivity index (χ0v) is 23.7. The highest BCUT2D eigenvalue weighted by molar-refractivity contribution is 7.99. The SMILES string of the molecule is C[C@@H]1CN(c2nc(=O)n3c4c(c(C5=CCC(F)(F)CC5)c(C(F)(F)F)cc24)SC[C@@H](Oc2cnccn2)C3)C[C@H](C)N1. The summed E-state index contributed by atoms with van der Waals surface area (Å²) in [6.07, 6.45) is -1.32. The summed E-state index contributed by atoms with van der Waals surface area (Å²) < 4.78 is 80.0. The third kappa shape index (κ3) is 5.58. The highest BCUT2D eigenvalue weighted by atomic mass is 32.2. The fourth-order valence-electron chi connectivity index (χ4n) is 6.03. The van der Waals surface area contributed by atoms with Gasteiger partial charge in [-0.3, -0.25) is 9.55 Å². The number of aromatic nitrogens is 4. The van der Waals surface area contributed by atoms with Crippen molar-refractivity contribution < 1.29 is 26.7 Å². The van der Waals surface area contributed by atoms with Crippen LogP contribution in [0.3, 0.4) is 0 Å². The number of hydrogen-bond acceptors (Lipinski definition) is 8. The first kappa shape index (κ1) is 28.8. The molecule has 0 saturated carbocycles. The van der Waals surface area contributed by atoms with E-state index < -0.39 is 42.3 Å². The number of alkyl halides is 5. The fourth-order valence-corrected chi connectivity index (χ4v) is 7.30. The molecule has 42 heavy (non-hydrogen) atoms. The van der Waals surface area contributed by atoms with Gasteiger partial charge in [0.1, 0.15) is 11.9 Å². The van der Waals surface area contributed by atoms with Crippen molar-refractivity contribution in [2.24, 2.45) is 0 Å². The van der Waals surface area contributed by atoms with Crippen LogP contribution in [0.15, 0.2) is 40.4 Å². The monoisotopic (exact) mass is 608 g/mol. The van der Waals surface area contributed by atoms with Gasteiger partial charge < -0.3 is 15.0 Å². The second kappa shape index (κ2) is 10.8. The lowest BCUT2D eigenvalue weighted by Crippen LogP contribution is -2.55. The zero-order chi connectivity index (χ0) is 29.8. The van der Waals surface area contributed by atoms with E-state index >= 15 is 0 Å². The van der Waals surface area contributed by atoms with Gasteiger partial charge in [0.2, 0.25) is 5.88 Å². The number of hydrogen-bond donors (Lipinski definition) is 1. The van der Waals surface area contributed by atoms with Crippen molar-refractivity contribution >= 4 is 34.1 Å². The van der Waals surface area contributed by atoms with E-state index in [-0.39, 0.29) is 63.9 Å². The summed E-state index contributed by atoms with van der Waals surface area (Å²) in [5, 5.41) is 3.58. The number of nitrogens with one attached hydrogen (secondary N) is 1. The van der Waals surface area contributed by atoms with Crippen molar-refractivity contribution in [3.63, 3.8) is 0 Å². The Morgan fingerprint density at radius 1 is 1.14 bits per heavy atom. The average Bonchev–Trinajstić information content (AvgIpc) is 3.11. The van der Waals surface area contributed by atoms with E-state index in [1.165, 1.54) is 29.2 Å². The van der Waals surface area contributed by atoms with E-state index in [2.05, 4.69) is 20.3 Å². The maximum Gasteiger partial charge on any atom is 0.417 e. The molecular formula is C28H29F5N6O2S. The molecule has 2 aromatic heterocycles. The van der Waals surface area contributed by atoms with Gasteiger partial charge in [0, 0.05) is 72.0 Å². The minimum atomic E-state index is -4.79. The summed E-state index contributed by atoms with van der Waals surface area (Å²) >= 11 is 1.13. The summed E-state index contributed by atoms with van der Waals surface area (Å²) in [6.45, 7) is 4.82. The third-order valence-corrected chi connectivity index (χ3v) is 8.94. The standard InChI is InChI=1S/C28H29F5N6O2S/c1-15-11-38(12-16(2)36-15)25-19-9-20(28(31,32)33)22(17-3-5-27(29,30)6-4-17)24-23(19)39(26(40)37-25)13-18(14-42-24)41-21-10-34-7-8-35-21/h3,7-10,15-16,18,36H,4-6,11-14H2,1-2H3/t15-,16+,18-/m0/s1. The molecule has 6 rings (SSSR count). The molecule has 0 amide bonds. The molecule has 14 heteroatoms. The van der Waals surface area contributed by atoms with Crippen LogP contribution in [-0.4, -0.2) is 62.5 Å². The topological polar surface area (TPSA) is 85.2 Å². The molecule has 1 aliphatic carbocycles. The summed E-state index contributed by atoms with van der Waals surface area (Å²) in [7, 11) is 0. The molecule has 0 bridgehead atoms. The van der Waals surface area contributed by atoms with Crippen LogP contribution in [-0.2, 0) is 12.7 Å². The van der Waals surface area contributed by atoms with E-state index in [0.717, 1.165) is 17.8 Å². The van der Waals surface area contributed by atoms with Gasteiger partial charge >= 0.3 is 11.9 Å². The minimum Gasteiger partial charge on any atom is -0.470 e. The molecule has 3 atom stereocenters. The largest absolute Gasteiger partial charge is 0.470 e. The number of piperazine rings is 1. The van der Waals surface area contributed by atoms with E-state index in [4.69, 9.17) is 4.74 Å². The van der Waals surface area contributed by atoms with Gasteiger partial charge in [-0.15, -0.1) is 11.8 Å². The van der Waals surface area contributed by atoms with Gasteiger partial charge in [-0.2, -0.15) is 18.2 Å². The highest BCUT2D eigenvalue weighted by Crippen LogP contribution is 2.49. The van der Waals surface area contributed by atoms with Gasteiger partial charge in [0.05, 0.1) is 23.8 Å². The quantitative estimate of drug-likeness (QED) is 0.408. The fraction of sp³-hybridized carbons (Fsp3) is 0.500. The van der Waals surface area contributed by atoms with Gasteiger partial charge in [-0.25, -0.2) is 18.6 Å². The Hall–Kier alpha value is -3.26. The van der Waals surface area contributed by atoms with Crippen LogP contribution in [0.4, 0.5) is 27.8 Å². The molecule has 3 aromatic rings. The summed E-state index contributed by atoms with van der Waals surface area (Å²) in [4.78, 5) is 28.2. The maximum atomic E-state index is 14.8. The first-order chi connectivity index (χ1) is 19.9. The van der Waals surface area contributed by atoms with Crippen molar-refractivity contribution in [1.29, 1.82) is 0 Å². The molecule has 4 heterocycles. The Kier molecular flexibility index (Phi) is 7.40. The summed E-state index contributed by atoms with van der Waals surface area (Å²) in [6, 6.07) is 1.07. The predicted molar refractivity (Wildman–Crippen MR) is 149 cm³/mol. The number of rotatable bonds is 4. The van der Waals surface area contributed by atoms with Gasteiger partial charge in [-0.05, 0) is 31.9 Å². The molecule has 1 fully saturated rings. The Bertz CT molecular complexity index is 1590. The number of allylic oxidation sites excluding steroid dienone is 2. The Labute approximate surface area is 242 Å².